The third-order valence-corrected chi connectivity index (χ3v) is 1.04. The Bertz CT molecular complexity index is 264. The third-order valence-electron chi connectivity index (χ3n) is 1.04. The van der Waals surface area contributed by atoms with Crippen molar-refractivity contribution in [3.63, 3.8) is 0 Å². The Balaban J connectivity index is 0.000001000. The third kappa shape index (κ3) is 2.88. The molecule has 0 aliphatic carbocycles. The van der Waals surface area contributed by atoms with Crippen molar-refractivity contribution in [3.05, 3.63) is 34.4 Å². The average molecular weight is 162 g/mol. The van der Waals surface area contributed by atoms with Crippen LogP contribution in [0.1, 0.15) is 0 Å². The van der Waals surface area contributed by atoms with Crippen molar-refractivity contribution in [2.45, 2.75) is 0 Å². The molecule has 1 rings (SSSR count). The van der Waals surface area contributed by atoms with Crippen LogP contribution in [0.3, 0.4) is 0 Å². The van der Waals surface area contributed by atoms with Crippen molar-refractivity contribution >= 4 is 5.69 Å². The smallest absolute Gasteiger partial charge is 0.508 e. The van der Waals surface area contributed by atoms with Crippen molar-refractivity contribution in [2.24, 2.45) is 0 Å². The van der Waals surface area contributed by atoms with Crippen LogP contribution in [-0.2, 0) is 0 Å². The largest absolute Gasteiger partial charge is 1.00 e. The molecule has 0 aromatic heterocycles. The Kier molecular flexibility index (Phi) is 4.10. The van der Waals surface area contributed by atoms with Gasteiger partial charge < -0.3 is 5.11 Å². The number of rotatable bonds is 1. The molecule has 4 nitrogen and oxygen atoms in total. The molecule has 5 heteroatoms. The van der Waals surface area contributed by atoms with Crippen LogP contribution < -0.4 is 29.6 Å². The van der Waals surface area contributed by atoms with Gasteiger partial charge in [0.1, 0.15) is 5.75 Å². The second-order valence-corrected chi connectivity index (χ2v) is 1.78. The van der Waals surface area contributed by atoms with Crippen LogP contribution in [0.4, 0.5) is 5.69 Å². The molecule has 1 aromatic carbocycles. The molecule has 1 aromatic rings. The van der Waals surface area contributed by atoms with Crippen LogP contribution >= 0.6 is 0 Å². The SMILES string of the molecule is O=[N+]([O-])c1cccc(O)c1.[Na+]. The van der Waals surface area contributed by atoms with E-state index in [1.165, 1.54) is 18.2 Å². The molecule has 0 unspecified atom stereocenters. The Labute approximate surface area is 85.3 Å². The molecule has 0 spiro atoms. The number of phenols is 1. The van der Waals surface area contributed by atoms with Gasteiger partial charge in [-0.1, -0.05) is 6.07 Å². The molecular formula is C6H5NNaO3+. The fourth-order valence-corrected chi connectivity index (χ4v) is 0.607. The summed E-state index contributed by atoms with van der Waals surface area (Å²) in [4.78, 5) is 9.49. The standard InChI is InChI=1S/C6H5NO3.Na/c8-6-3-1-2-5(4-6)7(9)10;/h1-4,8H;/q;+1. The molecule has 11 heavy (non-hydrogen) atoms. The van der Waals surface area contributed by atoms with Gasteiger partial charge in [0.15, 0.2) is 0 Å². The molecule has 0 aliphatic rings. The van der Waals surface area contributed by atoms with E-state index in [0.29, 0.717) is 0 Å². The molecule has 52 valence electrons. The van der Waals surface area contributed by atoms with Gasteiger partial charge in [0, 0.05) is 6.07 Å². The van der Waals surface area contributed by atoms with Crippen molar-refractivity contribution in [1.29, 1.82) is 0 Å². The normalized spacial score (nSPS) is 8.36. The van der Waals surface area contributed by atoms with E-state index < -0.39 is 4.92 Å². The van der Waals surface area contributed by atoms with Crippen LogP contribution in [0.2, 0.25) is 0 Å². The summed E-state index contributed by atoms with van der Waals surface area (Å²) in [6.45, 7) is 0. The topological polar surface area (TPSA) is 63.4 Å². The first-order valence-corrected chi connectivity index (χ1v) is 2.63. The average Bonchev–Trinajstić information content (AvgIpc) is 1.88. The minimum absolute atomic E-state index is 0. The number of phenolic OH excluding ortho intramolecular Hbond substituents is 1. The Morgan fingerprint density at radius 1 is 1.45 bits per heavy atom. The minimum atomic E-state index is -0.556. The number of hydrogen-bond acceptors (Lipinski definition) is 3. The molecule has 1 N–H and O–H groups in total. The molecule has 0 aliphatic heterocycles. The van der Waals surface area contributed by atoms with E-state index in [4.69, 9.17) is 5.11 Å². The predicted molar refractivity (Wildman–Crippen MR) is 34.8 cm³/mol. The Morgan fingerprint density at radius 2 is 2.09 bits per heavy atom. The first-order chi connectivity index (χ1) is 4.70. The maximum Gasteiger partial charge on any atom is 1.00 e. The van der Waals surface area contributed by atoms with Gasteiger partial charge in [0.05, 0.1) is 11.0 Å². The van der Waals surface area contributed by atoms with Gasteiger partial charge in [-0.05, 0) is 6.07 Å². The monoisotopic (exact) mass is 162 g/mol. The van der Waals surface area contributed by atoms with Crippen LogP contribution in [0.5, 0.6) is 5.75 Å². The van der Waals surface area contributed by atoms with Crippen LogP contribution in [0.25, 0.3) is 0 Å². The van der Waals surface area contributed by atoms with E-state index in [9.17, 15) is 10.1 Å². The summed E-state index contributed by atoms with van der Waals surface area (Å²) in [7, 11) is 0. The van der Waals surface area contributed by atoms with E-state index in [1.807, 2.05) is 0 Å². The Hall–Kier alpha value is -0.580. The maximum absolute atomic E-state index is 10.0. The minimum Gasteiger partial charge on any atom is -0.508 e. The van der Waals surface area contributed by atoms with Crippen molar-refractivity contribution in [1.82, 2.24) is 0 Å². The van der Waals surface area contributed by atoms with Crippen molar-refractivity contribution in [2.75, 3.05) is 0 Å². The quantitative estimate of drug-likeness (QED) is 0.304. The summed E-state index contributed by atoms with van der Waals surface area (Å²) in [5.41, 5.74) is -0.0972. The summed E-state index contributed by atoms with van der Waals surface area (Å²) in [6.07, 6.45) is 0. The van der Waals surface area contributed by atoms with Crippen molar-refractivity contribution in [3.8, 4) is 5.75 Å². The molecule has 0 radical (unpaired) electrons. The van der Waals surface area contributed by atoms with E-state index in [0.717, 1.165) is 6.07 Å². The van der Waals surface area contributed by atoms with E-state index in [1.54, 1.807) is 0 Å². The number of non-ortho nitro benzene ring substituents is 1. The summed E-state index contributed by atoms with van der Waals surface area (Å²) in [6, 6.07) is 5.22. The van der Waals surface area contributed by atoms with Crippen LogP contribution in [0, 0.1) is 10.1 Å². The summed E-state index contributed by atoms with van der Waals surface area (Å²) < 4.78 is 0. The van der Waals surface area contributed by atoms with Gasteiger partial charge in [-0.15, -0.1) is 0 Å². The zero-order valence-corrected chi connectivity index (χ0v) is 8.02. The zero-order valence-electron chi connectivity index (χ0n) is 6.02. The van der Waals surface area contributed by atoms with Crippen LogP contribution in [0.15, 0.2) is 24.3 Å². The summed E-state index contributed by atoms with van der Waals surface area (Å²) >= 11 is 0. The number of nitro benzene ring substituents is 1. The molecule has 0 fully saturated rings. The molecule has 0 amide bonds. The number of nitrogens with zero attached hydrogens (tertiary/aromatic N) is 1. The summed E-state index contributed by atoms with van der Waals surface area (Å²) in [5.74, 6) is -0.0887. The summed E-state index contributed by atoms with van der Waals surface area (Å²) in [5, 5.41) is 18.8. The number of aromatic hydroxyl groups is 1. The first kappa shape index (κ1) is 10.4. The molecule has 0 saturated heterocycles. The number of nitro groups is 1. The molecule has 0 heterocycles. The molecule has 0 bridgehead atoms. The van der Waals surface area contributed by atoms with Gasteiger partial charge in [-0.2, -0.15) is 0 Å². The second-order valence-electron chi connectivity index (χ2n) is 1.78. The predicted octanol–water partition coefficient (Wildman–Crippen LogP) is -1.70. The van der Waals surface area contributed by atoms with E-state index >= 15 is 0 Å². The van der Waals surface area contributed by atoms with Gasteiger partial charge >= 0.3 is 29.6 Å². The van der Waals surface area contributed by atoms with Gasteiger partial charge in [-0.25, -0.2) is 0 Å². The fourth-order valence-electron chi connectivity index (χ4n) is 0.607. The molecule has 0 saturated carbocycles. The van der Waals surface area contributed by atoms with Gasteiger partial charge in [0.2, 0.25) is 0 Å². The van der Waals surface area contributed by atoms with Crippen molar-refractivity contribution < 1.29 is 39.6 Å². The van der Waals surface area contributed by atoms with Gasteiger partial charge in [0.25, 0.3) is 5.69 Å². The Morgan fingerprint density at radius 3 is 2.45 bits per heavy atom. The zero-order chi connectivity index (χ0) is 7.56. The van der Waals surface area contributed by atoms with E-state index in [-0.39, 0.29) is 41.0 Å². The second kappa shape index (κ2) is 4.33. The van der Waals surface area contributed by atoms with Gasteiger partial charge in [-0.3, -0.25) is 10.1 Å². The first-order valence-electron chi connectivity index (χ1n) is 2.63. The fraction of sp³-hybridized carbons (Fsp3) is 0. The van der Waals surface area contributed by atoms with E-state index in [2.05, 4.69) is 0 Å². The van der Waals surface area contributed by atoms with Crippen LogP contribution in [-0.4, -0.2) is 10.0 Å². The number of hydrogen-bond donors (Lipinski definition) is 1. The molecule has 0 atom stereocenters. The molecular weight excluding hydrogens is 157 g/mol. The number of benzene rings is 1. The maximum atomic E-state index is 10.0.